The molecule has 0 aliphatic heterocycles. The largest absolute Gasteiger partial charge is 0.465 e. The summed E-state index contributed by atoms with van der Waals surface area (Å²) in [5, 5.41) is 7.49. The highest BCUT2D eigenvalue weighted by Crippen LogP contribution is 2.14. The van der Waals surface area contributed by atoms with Crippen LogP contribution in [-0.4, -0.2) is 54.0 Å². The van der Waals surface area contributed by atoms with Gasteiger partial charge in [0.15, 0.2) is 5.13 Å². The number of aryl methyl sites for hydroxylation is 1. The molecule has 0 radical (unpaired) electrons. The molecule has 2 N–H and O–H groups in total. The van der Waals surface area contributed by atoms with E-state index in [2.05, 4.69) is 15.6 Å². The summed E-state index contributed by atoms with van der Waals surface area (Å²) in [5.74, 6) is -0.461. The molecule has 0 saturated carbocycles. The van der Waals surface area contributed by atoms with Crippen LogP contribution in [0.25, 0.3) is 0 Å². The molecule has 0 bridgehead atoms. The van der Waals surface area contributed by atoms with Crippen molar-refractivity contribution in [2.24, 2.45) is 5.92 Å². The lowest BCUT2D eigenvalue weighted by molar-refractivity contribution is -0.141. The van der Waals surface area contributed by atoms with Crippen molar-refractivity contribution in [3.63, 3.8) is 0 Å². The number of hydrogen-bond acceptors (Lipinski definition) is 6. The molecule has 1 heterocycles. The lowest BCUT2D eigenvalue weighted by atomic mass is 10.1. The first-order valence-corrected chi connectivity index (χ1v) is 9.10. The molecule has 0 aliphatic carbocycles. The summed E-state index contributed by atoms with van der Waals surface area (Å²) in [6, 6.07) is -0.473. The topological polar surface area (TPSA) is 101 Å². The Morgan fingerprint density at radius 2 is 2.08 bits per heavy atom. The summed E-state index contributed by atoms with van der Waals surface area (Å²) in [5.41, 5.74) is 0.823. The first-order chi connectivity index (χ1) is 11.8. The van der Waals surface area contributed by atoms with Gasteiger partial charge in [-0.05, 0) is 26.2 Å². The van der Waals surface area contributed by atoms with Gasteiger partial charge in [0.2, 0.25) is 5.91 Å². The molecule has 9 heteroatoms. The fourth-order valence-corrected chi connectivity index (χ4v) is 2.59. The van der Waals surface area contributed by atoms with Crippen LogP contribution in [0, 0.1) is 12.8 Å². The monoisotopic (exact) mass is 370 g/mol. The number of carbonyl (C=O) groups excluding carboxylic acids is 3. The highest BCUT2D eigenvalue weighted by atomic mass is 32.1. The van der Waals surface area contributed by atoms with E-state index >= 15 is 0 Å². The predicted molar refractivity (Wildman–Crippen MR) is 96.5 cm³/mol. The van der Waals surface area contributed by atoms with Gasteiger partial charge in [-0.2, -0.15) is 0 Å². The van der Waals surface area contributed by atoms with E-state index in [0.717, 1.165) is 12.1 Å². The maximum atomic E-state index is 12.3. The van der Waals surface area contributed by atoms with Gasteiger partial charge in [0.05, 0.1) is 12.3 Å². The molecule has 8 nitrogen and oxygen atoms in total. The number of ether oxygens (including phenoxy) is 1. The molecule has 0 aromatic carbocycles. The Morgan fingerprint density at radius 3 is 2.64 bits per heavy atom. The molecule has 0 fully saturated rings. The minimum absolute atomic E-state index is 0.111. The van der Waals surface area contributed by atoms with Gasteiger partial charge in [-0.1, -0.05) is 13.8 Å². The fraction of sp³-hybridized carbons (Fsp3) is 0.625. The maximum absolute atomic E-state index is 12.3. The second kappa shape index (κ2) is 10.7. The molecule has 3 amide bonds. The highest BCUT2D eigenvalue weighted by molar-refractivity contribution is 7.13. The van der Waals surface area contributed by atoms with Crippen LogP contribution in [0.4, 0.5) is 9.93 Å². The number of thiazole rings is 1. The Balaban J connectivity index is 2.59. The number of nitrogens with one attached hydrogen (secondary N) is 2. The molecular weight excluding hydrogens is 344 g/mol. The number of nitrogens with zero attached hydrogens (tertiary/aromatic N) is 2. The second-order valence-electron chi connectivity index (χ2n) is 5.91. The number of urea groups is 1. The molecule has 0 saturated heterocycles. The van der Waals surface area contributed by atoms with E-state index < -0.39 is 12.0 Å². The Bertz CT molecular complexity index is 588. The summed E-state index contributed by atoms with van der Waals surface area (Å²) < 4.78 is 4.77. The van der Waals surface area contributed by atoms with E-state index in [1.165, 1.54) is 16.2 Å². The molecule has 1 rings (SSSR count). The van der Waals surface area contributed by atoms with Crippen molar-refractivity contribution in [1.82, 2.24) is 15.2 Å². The lowest BCUT2D eigenvalue weighted by Crippen LogP contribution is -2.46. The van der Waals surface area contributed by atoms with Crippen LogP contribution in [0.2, 0.25) is 0 Å². The van der Waals surface area contributed by atoms with Gasteiger partial charge in [0.25, 0.3) is 0 Å². The first-order valence-electron chi connectivity index (χ1n) is 8.22. The van der Waals surface area contributed by atoms with Crippen molar-refractivity contribution in [2.45, 2.75) is 34.1 Å². The SMILES string of the molecule is CCOC(=O)CNC(=O)N(CCC(C)C)CC(=O)Nc1nc(C)cs1. The first kappa shape index (κ1) is 20.9. The van der Waals surface area contributed by atoms with Crippen molar-refractivity contribution in [3.8, 4) is 0 Å². The van der Waals surface area contributed by atoms with Gasteiger partial charge in [0.1, 0.15) is 13.1 Å². The van der Waals surface area contributed by atoms with Crippen molar-refractivity contribution >= 4 is 34.4 Å². The number of hydrogen-bond donors (Lipinski definition) is 2. The molecule has 0 spiro atoms. The lowest BCUT2D eigenvalue weighted by Gasteiger charge is -2.23. The van der Waals surface area contributed by atoms with E-state index in [1.54, 1.807) is 6.92 Å². The average Bonchev–Trinajstić information content (AvgIpc) is 2.94. The average molecular weight is 370 g/mol. The summed E-state index contributed by atoms with van der Waals surface area (Å²) in [4.78, 5) is 41.3. The Morgan fingerprint density at radius 1 is 1.36 bits per heavy atom. The molecular formula is C16H26N4O4S. The van der Waals surface area contributed by atoms with Crippen LogP contribution >= 0.6 is 11.3 Å². The molecule has 0 aliphatic rings. The molecule has 25 heavy (non-hydrogen) atoms. The zero-order valence-corrected chi connectivity index (χ0v) is 15.9. The van der Waals surface area contributed by atoms with Crippen LogP contribution in [0.15, 0.2) is 5.38 Å². The molecule has 0 unspecified atom stereocenters. The summed E-state index contributed by atoms with van der Waals surface area (Å²) in [6.45, 7) is 7.93. The fourth-order valence-electron chi connectivity index (χ4n) is 1.88. The van der Waals surface area contributed by atoms with Crippen LogP contribution in [-0.2, 0) is 14.3 Å². The zero-order chi connectivity index (χ0) is 18.8. The van der Waals surface area contributed by atoms with Gasteiger partial charge in [-0.15, -0.1) is 11.3 Å². The van der Waals surface area contributed by atoms with Crippen molar-refractivity contribution in [2.75, 3.05) is 31.6 Å². The number of carbonyl (C=O) groups is 3. The Hall–Kier alpha value is -2.16. The number of rotatable bonds is 9. The number of aromatic nitrogens is 1. The minimum Gasteiger partial charge on any atom is -0.465 e. The van der Waals surface area contributed by atoms with Crippen LogP contribution in [0.1, 0.15) is 32.9 Å². The third-order valence-electron chi connectivity index (χ3n) is 3.15. The molecule has 0 atom stereocenters. The summed E-state index contributed by atoms with van der Waals surface area (Å²) >= 11 is 1.33. The predicted octanol–water partition coefficient (Wildman–Crippen LogP) is 2.01. The van der Waals surface area contributed by atoms with E-state index in [0.29, 0.717) is 17.6 Å². The third kappa shape index (κ3) is 8.48. The van der Waals surface area contributed by atoms with Crippen LogP contribution in [0.5, 0.6) is 0 Å². The molecule has 140 valence electrons. The number of esters is 1. The van der Waals surface area contributed by atoms with Gasteiger partial charge < -0.3 is 20.3 Å². The van der Waals surface area contributed by atoms with Gasteiger partial charge >= 0.3 is 12.0 Å². The van der Waals surface area contributed by atoms with Gasteiger partial charge in [-0.3, -0.25) is 9.59 Å². The van der Waals surface area contributed by atoms with E-state index in [9.17, 15) is 14.4 Å². The number of anilines is 1. The van der Waals surface area contributed by atoms with Gasteiger partial charge in [-0.25, -0.2) is 9.78 Å². The van der Waals surface area contributed by atoms with Crippen LogP contribution in [0.3, 0.4) is 0 Å². The highest BCUT2D eigenvalue weighted by Gasteiger charge is 2.19. The molecule has 1 aromatic heterocycles. The number of amides is 3. The normalized spacial score (nSPS) is 10.4. The smallest absolute Gasteiger partial charge is 0.325 e. The minimum atomic E-state index is -0.512. The van der Waals surface area contributed by atoms with Crippen LogP contribution < -0.4 is 10.6 Å². The third-order valence-corrected chi connectivity index (χ3v) is 4.03. The van der Waals surface area contributed by atoms with Crippen molar-refractivity contribution in [1.29, 1.82) is 0 Å². The van der Waals surface area contributed by atoms with E-state index in [-0.39, 0.29) is 25.6 Å². The van der Waals surface area contributed by atoms with E-state index in [4.69, 9.17) is 4.74 Å². The summed E-state index contributed by atoms with van der Waals surface area (Å²) in [6.07, 6.45) is 0.746. The quantitative estimate of drug-likeness (QED) is 0.648. The van der Waals surface area contributed by atoms with Crippen molar-refractivity contribution in [3.05, 3.63) is 11.1 Å². The Labute approximate surface area is 151 Å². The van der Waals surface area contributed by atoms with Gasteiger partial charge in [0, 0.05) is 11.9 Å². The van der Waals surface area contributed by atoms with E-state index in [1.807, 2.05) is 26.2 Å². The summed E-state index contributed by atoms with van der Waals surface area (Å²) in [7, 11) is 0. The second-order valence-corrected chi connectivity index (χ2v) is 6.77. The Kier molecular flexibility index (Phi) is 8.90. The maximum Gasteiger partial charge on any atom is 0.325 e. The standard InChI is InChI=1S/C16H26N4O4S/c1-5-24-14(22)8-17-16(23)20(7-6-11(2)3)9-13(21)19-15-18-12(4)10-25-15/h10-11H,5-9H2,1-4H3,(H,17,23)(H,18,19,21). The molecule has 1 aromatic rings. The zero-order valence-electron chi connectivity index (χ0n) is 15.1. The van der Waals surface area contributed by atoms with Crippen molar-refractivity contribution < 1.29 is 19.1 Å².